The van der Waals surface area contributed by atoms with E-state index < -0.39 is 0 Å². The van der Waals surface area contributed by atoms with Crippen molar-refractivity contribution >= 4 is 35.2 Å². The number of benzene rings is 3. The summed E-state index contributed by atoms with van der Waals surface area (Å²) in [7, 11) is 4.74. The van der Waals surface area contributed by atoms with Gasteiger partial charge in [0.25, 0.3) is 0 Å². The van der Waals surface area contributed by atoms with Crippen molar-refractivity contribution in [3.05, 3.63) is 94.7 Å². The molecule has 0 atom stereocenters. The first-order chi connectivity index (χ1) is 15.5. The van der Waals surface area contributed by atoms with Gasteiger partial charge in [0, 0.05) is 28.5 Å². The zero-order valence-corrected chi connectivity index (χ0v) is 18.8. The topological polar surface area (TPSA) is 56.8 Å². The molecule has 3 aromatic rings. The average Bonchev–Trinajstić information content (AvgIpc) is 2.82. The molecule has 0 heterocycles. The molecule has 0 aliphatic rings. The Hall–Kier alpha value is -3.70. The molecule has 0 unspecified atom stereocenters. The standard InChI is InChI=1S/C26H24ClNO4/c1-30-24-15-18(16-25(31-2)26(24)32-3)11-12-19-7-4-5-10-22(19)28-14-13-23(29)20-8-6-9-21(27)17-20/h4-17,28H,1-3H3/b12-11-,14-13-. The van der Waals surface area contributed by atoms with Crippen LogP contribution in [0.2, 0.25) is 5.02 Å². The predicted molar refractivity (Wildman–Crippen MR) is 130 cm³/mol. The van der Waals surface area contributed by atoms with Gasteiger partial charge in [0.15, 0.2) is 17.3 Å². The molecule has 0 aliphatic carbocycles. The minimum atomic E-state index is -0.134. The number of ketones is 1. The van der Waals surface area contributed by atoms with Crippen LogP contribution in [0.3, 0.4) is 0 Å². The van der Waals surface area contributed by atoms with Gasteiger partial charge in [-0.25, -0.2) is 0 Å². The molecule has 0 aromatic heterocycles. The number of carbonyl (C=O) groups excluding carboxylic acids is 1. The Balaban J connectivity index is 1.78. The van der Waals surface area contributed by atoms with Crippen molar-refractivity contribution in [3.8, 4) is 17.2 Å². The smallest absolute Gasteiger partial charge is 0.203 e. The molecule has 0 radical (unpaired) electrons. The van der Waals surface area contributed by atoms with E-state index in [9.17, 15) is 4.79 Å². The van der Waals surface area contributed by atoms with E-state index in [1.54, 1.807) is 51.8 Å². The highest BCUT2D eigenvalue weighted by Crippen LogP contribution is 2.38. The Bertz CT molecular complexity index is 1130. The van der Waals surface area contributed by atoms with Gasteiger partial charge in [-0.2, -0.15) is 0 Å². The molecule has 0 saturated heterocycles. The van der Waals surface area contributed by atoms with E-state index in [2.05, 4.69) is 5.32 Å². The number of rotatable bonds is 9. The van der Waals surface area contributed by atoms with E-state index >= 15 is 0 Å². The molecule has 6 heteroatoms. The number of allylic oxidation sites excluding steroid dienone is 1. The largest absolute Gasteiger partial charge is 0.493 e. The molecular weight excluding hydrogens is 426 g/mol. The Morgan fingerprint density at radius 1 is 0.875 bits per heavy atom. The van der Waals surface area contributed by atoms with Crippen molar-refractivity contribution in [1.29, 1.82) is 0 Å². The maximum Gasteiger partial charge on any atom is 0.203 e. The molecule has 3 aromatic carbocycles. The summed E-state index contributed by atoms with van der Waals surface area (Å²) in [4.78, 5) is 12.3. The summed E-state index contributed by atoms with van der Waals surface area (Å²) in [5.41, 5.74) is 3.22. The van der Waals surface area contributed by atoms with Crippen LogP contribution in [0.25, 0.3) is 12.2 Å². The van der Waals surface area contributed by atoms with Gasteiger partial charge in [-0.05, 0) is 41.5 Å². The number of carbonyl (C=O) groups is 1. The van der Waals surface area contributed by atoms with Gasteiger partial charge in [-0.1, -0.05) is 54.1 Å². The Morgan fingerprint density at radius 2 is 1.59 bits per heavy atom. The molecule has 5 nitrogen and oxygen atoms in total. The third-order valence-electron chi connectivity index (χ3n) is 4.69. The molecule has 0 spiro atoms. The van der Waals surface area contributed by atoms with Crippen molar-refractivity contribution in [3.63, 3.8) is 0 Å². The van der Waals surface area contributed by atoms with Crippen LogP contribution in [0.5, 0.6) is 17.2 Å². The van der Waals surface area contributed by atoms with Gasteiger partial charge in [-0.3, -0.25) is 4.79 Å². The third-order valence-corrected chi connectivity index (χ3v) is 4.92. The van der Waals surface area contributed by atoms with E-state index in [0.29, 0.717) is 27.8 Å². The predicted octanol–water partition coefficient (Wildman–Crippen LogP) is 6.34. The number of anilines is 1. The van der Waals surface area contributed by atoms with Crippen LogP contribution in [0.4, 0.5) is 5.69 Å². The molecular formula is C26H24ClNO4. The minimum absolute atomic E-state index is 0.134. The van der Waals surface area contributed by atoms with Crippen LogP contribution in [0, 0.1) is 0 Å². The van der Waals surface area contributed by atoms with E-state index in [1.807, 2.05) is 48.6 Å². The van der Waals surface area contributed by atoms with Crippen molar-refractivity contribution in [2.75, 3.05) is 26.6 Å². The summed E-state index contributed by atoms with van der Waals surface area (Å²) < 4.78 is 16.2. The number of halogens is 1. The Labute approximate surface area is 192 Å². The lowest BCUT2D eigenvalue weighted by molar-refractivity contribution is 0.104. The normalized spacial score (nSPS) is 11.0. The maximum absolute atomic E-state index is 12.3. The average molecular weight is 450 g/mol. The fourth-order valence-corrected chi connectivity index (χ4v) is 3.29. The lowest BCUT2D eigenvalue weighted by atomic mass is 10.1. The lowest BCUT2D eigenvalue weighted by Crippen LogP contribution is -1.97. The fraction of sp³-hybridized carbons (Fsp3) is 0.115. The van der Waals surface area contributed by atoms with E-state index in [1.165, 1.54) is 6.08 Å². The number of hydrogen-bond donors (Lipinski definition) is 1. The number of methoxy groups -OCH3 is 3. The molecule has 32 heavy (non-hydrogen) atoms. The first-order valence-electron chi connectivity index (χ1n) is 9.86. The summed E-state index contributed by atoms with van der Waals surface area (Å²) >= 11 is 5.96. The highest BCUT2D eigenvalue weighted by atomic mass is 35.5. The number of ether oxygens (including phenoxy) is 3. The lowest BCUT2D eigenvalue weighted by Gasteiger charge is -2.13. The SMILES string of the molecule is COc1cc(/C=C\c2ccccc2N/C=C\C(=O)c2cccc(Cl)c2)cc(OC)c1OC. The van der Waals surface area contributed by atoms with Crippen molar-refractivity contribution < 1.29 is 19.0 Å². The monoisotopic (exact) mass is 449 g/mol. The Morgan fingerprint density at radius 3 is 2.25 bits per heavy atom. The number of hydrogen-bond acceptors (Lipinski definition) is 5. The molecule has 0 aliphatic heterocycles. The Kier molecular flexibility index (Phi) is 7.95. The molecule has 164 valence electrons. The number of nitrogens with one attached hydrogen (secondary N) is 1. The van der Waals surface area contributed by atoms with E-state index in [4.69, 9.17) is 25.8 Å². The summed E-state index contributed by atoms with van der Waals surface area (Å²) in [6, 6.07) is 18.4. The fourth-order valence-electron chi connectivity index (χ4n) is 3.10. The van der Waals surface area contributed by atoms with Crippen molar-refractivity contribution in [1.82, 2.24) is 0 Å². The highest BCUT2D eigenvalue weighted by molar-refractivity contribution is 6.31. The summed E-state index contributed by atoms with van der Waals surface area (Å²) in [5, 5.41) is 3.70. The van der Waals surface area contributed by atoms with E-state index in [-0.39, 0.29) is 5.78 Å². The first-order valence-corrected chi connectivity index (χ1v) is 10.2. The van der Waals surface area contributed by atoms with Gasteiger partial charge >= 0.3 is 0 Å². The van der Waals surface area contributed by atoms with Crippen LogP contribution in [-0.2, 0) is 0 Å². The van der Waals surface area contributed by atoms with Crippen molar-refractivity contribution in [2.45, 2.75) is 0 Å². The maximum atomic E-state index is 12.3. The molecule has 0 amide bonds. The molecule has 0 bridgehead atoms. The second-order valence-electron chi connectivity index (χ2n) is 6.73. The van der Waals surface area contributed by atoms with Gasteiger partial charge in [-0.15, -0.1) is 0 Å². The highest BCUT2D eigenvalue weighted by Gasteiger charge is 2.12. The summed E-state index contributed by atoms with van der Waals surface area (Å²) in [6.45, 7) is 0. The molecule has 3 rings (SSSR count). The minimum Gasteiger partial charge on any atom is -0.493 e. The van der Waals surface area contributed by atoms with Gasteiger partial charge in [0.2, 0.25) is 5.75 Å². The third kappa shape index (κ3) is 5.71. The van der Waals surface area contributed by atoms with E-state index in [0.717, 1.165) is 16.8 Å². The zero-order valence-electron chi connectivity index (χ0n) is 18.1. The second kappa shape index (κ2) is 11.1. The molecule has 0 fully saturated rings. The molecule has 1 N–H and O–H groups in total. The summed E-state index contributed by atoms with van der Waals surface area (Å²) in [5.74, 6) is 1.58. The van der Waals surface area contributed by atoms with Crippen LogP contribution in [-0.4, -0.2) is 27.1 Å². The van der Waals surface area contributed by atoms with Gasteiger partial charge < -0.3 is 19.5 Å². The van der Waals surface area contributed by atoms with Crippen LogP contribution in [0.15, 0.2) is 72.9 Å². The van der Waals surface area contributed by atoms with Crippen LogP contribution >= 0.6 is 11.6 Å². The van der Waals surface area contributed by atoms with Gasteiger partial charge in [0.05, 0.1) is 21.3 Å². The quantitative estimate of drug-likeness (QED) is 0.234. The van der Waals surface area contributed by atoms with Gasteiger partial charge in [0.1, 0.15) is 0 Å². The first kappa shape index (κ1) is 23.0. The van der Waals surface area contributed by atoms with Crippen molar-refractivity contribution in [2.24, 2.45) is 0 Å². The zero-order chi connectivity index (χ0) is 22.9. The van der Waals surface area contributed by atoms with Crippen LogP contribution in [0.1, 0.15) is 21.5 Å². The van der Waals surface area contributed by atoms with Crippen LogP contribution < -0.4 is 19.5 Å². The molecule has 0 saturated carbocycles. The second-order valence-corrected chi connectivity index (χ2v) is 7.17. The number of para-hydroxylation sites is 1. The summed E-state index contributed by atoms with van der Waals surface area (Å²) in [6.07, 6.45) is 7.02.